The second-order valence-electron chi connectivity index (χ2n) is 3.52. The number of rotatable bonds is 1. The van der Waals surface area contributed by atoms with Crippen LogP contribution in [0.4, 0.5) is 0 Å². The number of hydrogen-bond acceptors (Lipinski definition) is 3. The van der Waals surface area contributed by atoms with E-state index in [1.54, 1.807) is 12.3 Å². The Morgan fingerprint density at radius 2 is 2.12 bits per heavy atom. The molecule has 0 saturated carbocycles. The van der Waals surface area contributed by atoms with E-state index in [0.29, 0.717) is 11.2 Å². The first kappa shape index (κ1) is 10.2. The Bertz CT molecular complexity index is 733. The average Bonchev–Trinajstić information content (AvgIpc) is 2.83. The molecule has 2 aromatic heterocycles. The maximum atomic E-state index is 11.5. The summed E-state index contributed by atoms with van der Waals surface area (Å²) in [4.78, 5) is 18.2. The highest BCUT2D eigenvalue weighted by Crippen LogP contribution is 2.26. The molecule has 17 heavy (non-hydrogen) atoms. The molecule has 0 amide bonds. The smallest absolute Gasteiger partial charge is 0.303 e. The van der Waals surface area contributed by atoms with Gasteiger partial charge in [0.25, 0.3) is 0 Å². The number of benzene rings is 1. The molecule has 3 rings (SSSR count). The molecule has 6 heteroatoms. The van der Waals surface area contributed by atoms with Gasteiger partial charge in [0.05, 0.1) is 16.9 Å². The third-order valence-electron chi connectivity index (χ3n) is 2.47. The lowest BCUT2D eigenvalue weighted by molar-refractivity contribution is 1.07. The average molecular weight is 291 g/mol. The Kier molecular flexibility index (Phi) is 2.29. The molecule has 0 aliphatic carbocycles. The van der Waals surface area contributed by atoms with Crippen molar-refractivity contribution in [1.29, 1.82) is 0 Å². The molecule has 2 N–H and O–H groups in total. The van der Waals surface area contributed by atoms with Crippen molar-refractivity contribution in [1.82, 2.24) is 20.2 Å². The fraction of sp³-hybridized carbons (Fsp3) is 0. The minimum absolute atomic E-state index is 0.381. The van der Waals surface area contributed by atoms with Crippen LogP contribution in [0, 0.1) is 0 Å². The molecule has 84 valence electrons. The van der Waals surface area contributed by atoms with Gasteiger partial charge in [-0.15, -0.1) is 0 Å². The lowest BCUT2D eigenvalue weighted by Crippen LogP contribution is -2.11. The van der Waals surface area contributed by atoms with Crippen LogP contribution in [0.25, 0.3) is 22.3 Å². The predicted molar refractivity (Wildman–Crippen MR) is 67.6 cm³/mol. The monoisotopic (exact) mass is 290 g/mol. The number of fused-ring (bicyclic) bond motifs is 1. The number of aromatic nitrogens is 4. The van der Waals surface area contributed by atoms with E-state index in [0.717, 1.165) is 15.6 Å². The van der Waals surface area contributed by atoms with E-state index in [1.165, 1.54) is 0 Å². The zero-order valence-corrected chi connectivity index (χ0v) is 10.2. The van der Waals surface area contributed by atoms with Crippen molar-refractivity contribution in [2.45, 2.75) is 0 Å². The number of aromatic amines is 2. The minimum atomic E-state index is -0.381. The molecule has 0 saturated heterocycles. The summed E-state index contributed by atoms with van der Waals surface area (Å²) >= 11 is 3.39. The largest absolute Gasteiger partial charge is 0.346 e. The summed E-state index contributed by atoms with van der Waals surface area (Å²) in [6.45, 7) is 0. The Morgan fingerprint density at radius 3 is 2.88 bits per heavy atom. The summed E-state index contributed by atoms with van der Waals surface area (Å²) in [5.41, 5.74) is 1.71. The van der Waals surface area contributed by atoms with Crippen LogP contribution in [0.15, 0.2) is 39.7 Å². The second kappa shape index (κ2) is 3.81. The zero-order chi connectivity index (χ0) is 11.8. The molecule has 0 radical (unpaired) electrons. The van der Waals surface area contributed by atoms with Crippen molar-refractivity contribution >= 4 is 26.8 Å². The van der Waals surface area contributed by atoms with E-state index in [-0.39, 0.29) is 5.69 Å². The van der Waals surface area contributed by atoms with E-state index in [2.05, 4.69) is 36.1 Å². The molecule has 2 heterocycles. The third kappa shape index (κ3) is 1.66. The van der Waals surface area contributed by atoms with Crippen molar-refractivity contribution < 1.29 is 0 Å². The predicted octanol–water partition coefficient (Wildman–Crippen LogP) is 2.08. The van der Waals surface area contributed by atoms with Gasteiger partial charge in [0.15, 0.2) is 0 Å². The molecule has 3 aromatic rings. The van der Waals surface area contributed by atoms with Crippen LogP contribution in [-0.4, -0.2) is 20.2 Å². The molecule has 1 aromatic carbocycles. The Labute approximate surface area is 104 Å². The lowest BCUT2D eigenvalue weighted by atomic mass is 10.1. The Hall–Kier alpha value is -1.95. The number of nitrogens with zero attached hydrogens (tertiary/aromatic N) is 2. The molecular weight excluding hydrogens is 284 g/mol. The van der Waals surface area contributed by atoms with Crippen LogP contribution < -0.4 is 5.69 Å². The first-order valence-electron chi connectivity index (χ1n) is 4.94. The molecule has 5 nitrogen and oxygen atoms in total. The fourth-order valence-corrected chi connectivity index (χ4v) is 2.20. The van der Waals surface area contributed by atoms with Crippen LogP contribution in [0.5, 0.6) is 0 Å². The Morgan fingerprint density at radius 1 is 1.24 bits per heavy atom. The van der Waals surface area contributed by atoms with Gasteiger partial charge in [-0.05, 0) is 28.1 Å². The summed E-state index contributed by atoms with van der Waals surface area (Å²) in [5.74, 6) is 0. The fourth-order valence-electron chi connectivity index (χ4n) is 1.74. The SMILES string of the molecule is O=c1nc2c(Br)cccc2c(-c2ccn[nH]2)[nH]1. The standard InChI is InChI=1S/C11H7BrN4O/c12-7-3-1-2-6-9(7)14-11(17)15-10(6)8-4-5-13-16-8/h1-5H,(H,13,16)(H,14,15,17). The van der Waals surface area contributed by atoms with E-state index in [4.69, 9.17) is 0 Å². The zero-order valence-electron chi connectivity index (χ0n) is 8.57. The quantitative estimate of drug-likeness (QED) is 0.720. The maximum Gasteiger partial charge on any atom is 0.346 e. The number of nitrogens with one attached hydrogen (secondary N) is 2. The summed E-state index contributed by atoms with van der Waals surface area (Å²) in [6, 6.07) is 7.45. The van der Waals surface area contributed by atoms with Gasteiger partial charge in [0.2, 0.25) is 0 Å². The van der Waals surface area contributed by atoms with Gasteiger partial charge in [-0.3, -0.25) is 5.10 Å². The van der Waals surface area contributed by atoms with Crippen LogP contribution >= 0.6 is 15.9 Å². The van der Waals surface area contributed by atoms with Gasteiger partial charge in [-0.1, -0.05) is 12.1 Å². The van der Waals surface area contributed by atoms with Gasteiger partial charge < -0.3 is 4.98 Å². The molecular formula is C11H7BrN4O. The highest BCUT2D eigenvalue weighted by Gasteiger charge is 2.09. The van der Waals surface area contributed by atoms with Crippen LogP contribution in [-0.2, 0) is 0 Å². The Balaban J connectivity index is 2.46. The van der Waals surface area contributed by atoms with Crippen molar-refractivity contribution in [3.05, 3.63) is 45.4 Å². The van der Waals surface area contributed by atoms with Gasteiger partial charge >= 0.3 is 5.69 Å². The molecule has 0 aliphatic rings. The minimum Gasteiger partial charge on any atom is -0.303 e. The summed E-state index contributed by atoms with van der Waals surface area (Å²) in [5, 5.41) is 7.57. The van der Waals surface area contributed by atoms with E-state index in [9.17, 15) is 4.79 Å². The first-order chi connectivity index (χ1) is 8.25. The van der Waals surface area contributed by atoms with Gasteiger partial charge in [0.1, 0.15) is 0 Å². The van der Waals surface area contributed by atoms with Crippen LogP contribution in [0.3, 0.4) is 0 Å². The first-order valence-corrected chi connectivity index (χ1v) is 5.73. The maximum absolute atomic E-state index is 11.5. The highest BCUT2D eigenvalue weighted by molar-refractivity contribution is 9.10. The van der Waals surface area contributed by atoms with Crippen LogP contribution in [0.1, 0.15) is 0 Å². The number of halogens is 1. The number of H-pyrrole nitrogens is 2. The van der Waals surface area contributed by atoms with Crippen molar-refractivity contribution in [3.8, 4) is 11.4 Å². The lowest BCUT2D eigenvalue weighted by Gasteiger charge is -2.04. The molecule has 0 unspecified atom stereocenters. The van der Waals surface area contributed by atoms with Crippen LogP contribution in [0.2, 0.25) is 0 Å². The normalized spacial score (nSPS) is 10.9. The topological polar surface area (TPSA) is 74.4 Å². The van der Waals surface area contributed by atoms with E-state index in [1.807, 2.05) is 18.2 Å². The number of hydrogen-bond donors (Lipinski definition) is 2. The van der Waals surface area contributed by atoms with Crippen molar-refractivity contribution in [3.63, 3.8) is 0 Å². The second-order valence-corrected chi connectivity index (χ2v) is 4.38. The van der Waals surface area contributed by atoms with Gasteiger partial charge in [-0.25, -0.2) is 4.79 Å². The summed E-state index contributed by atoms with van der Waals surface area (Å²) < 4.78 is 0.793. The van der Waals surface area contributed by atoms with Gasteiger partial charge in [-0.2, -0.15) is 10.1 Å². The molecule has 0 aliphatic heterocycles. The summed E-state index contributed by atoms with van der Waals surface area (Å²) in [6.07, 6.45) is 1.64. The van der Waals surface area contributed by atoms with E-state index < -0.39 is 0 Å². The van der Waals surface area contributed by atoms with Crippen molar-refractivity contribution in [2.75, 3.05) is 0 Å². The molecule has 0 fully saturated rings. The van der Waals surface area contributed by atoms with E-state index >= 15 is 0 Å². The van der Waals surface area contributed by atoms with Gasteiger partial charge in [0, 0.05) is 16.1 Å². The number of para-hydroxylation sites is 1. The third-order valence-corrected chi connectivity index (χ3v) is 3.11. The molecule has 0 bridgehead atoms. The molecule has 0 atom stereocenters. The van der Waals surface area contributed by atoms with Crippen molar-refractivity contribution in [2.24, 2.45) is 0 Å². The molecule has 0 spiro atoms. The highest BCUT2D eigenvalue weighted by atomic mass is 79.9. The summed E-state index contributed by atoms with van der Waals surface area (Å²) in [7, 11) is 0.